The number of aliphatic hydroxyl groups is 3. The minimum atomic E-state index is -1.94. The number of rotatable bonds is 11. The van der Waals surface area contributed by atoms with E-state index in [1.807, 2.05) is 0 Å². The molecule has 10 atom stereocenters. The number of hydrogen-bond donors (Lipinski definition) is 7. The van der Waals surface area contributed by atoms with Crippen LogP contribution in [0.1, 0.15) is 71.4 Å². The number of amides is 6. The lowest BCUT2D eigenvalue weighted by atomic mass is 9.94. The molecule has 2 aliphatic heterocycles. The van der Waals surface area contributed by atoms with Crippen molar-refractivity contribution in [2.75, 3.05) is 13.7 Å². The molecule has 328 valence electrons. The van der Waals surface area contributed by atoms with E-state index in [2.05, 4.69) is 21.3 Å². The Bertz CT molecular complexity index is 1810. The number of nitrogens with one attached hydrogen (secondary N) is 4. The number of nitrogens with zero attached hydrogens (tertiary/aromatic N) is 2. The molecule has 2 aromatic carbocycles. The third kappa shape index (κ3) is 12.1. The number of benzene rings is 2. The van der Waals surface area contributed by atoms with Crippen molar-refractivity contribution in [1.82, 2.24) is 31.1 Å². The summed E-state index contributed by atoms with van der Waals surface area (Å²) in [5, 5.41) is 41.4. The summed E-state index contributed by atoms with van der Waals surface area (Å²) in [6.07, 6.45) is -4.52. The van der Waals surface area contributed by atoms with Crippen molar-refractivity contribution >= 4 is 41.4 Å². The molecule has 7 N–H and O–H groups in total. The molecule has 4 rings (SSSR count). The maximum absolute atomic E-state index is 14.9. The van der Waals surface area contributed by atoms with Crippen molar-refractivity contribution < 1.29 is 53.6 Å². The zero-order valence-electron chi connectivity index (χ0n) is 35.1. The van der Waals surface area contributed by atoms with Crippen LogP contribution in [0.25, 0.3) is 0 Å². The second kappa shape index (κ2) is 21.7. The minimum absolute atomic E-state index is 0.00652. The van der Waals surface area contributed by atoms with Crippen molar-refractivity contribution in [1.29, 1.82) is 0 Å². The molecule has 17 nitrogen and oxygen atoms in total. The Morgan fingerprint density at radius 3 is 1.97 bits per heavy atom. The summed E-state index contributed by atoms with van der Waals surface area (Å²) in [4.78, 5) is 101. The number of piperidine rings is 1. The molecule has 0 aromatic heterocycles. The Morgan fingerprint density at radius 1 is 0.833 bits per heavy atom. The Labute approximate surface area is 350 Å². The molecule has 17 heteroatoms. The van der Waals surface area contributed by atoms with Gasteiger partial charge in [0, 0.05) is 19.9 Å². The van der Waals surface area contributed by atoms with E-state index >= 15 is 0 Å². The highest BCUT2D eigenvalue weighted by atomic mass is 16.5. The summed E-state index contributed by atoms with van der Waals surface area (Å²) >= 11 is 0. The predicted octanol–water partition coefficient (Wildman–Crippen LogP) is -0.0619. The second-order valence-corrected chi connectivity index (χ2v) is 16.1. The van der Waals surface area contributed by atoms with Gasteiger partial charge in [0.25, 0.3) is 5.91 Å². The number of cyclic esters (lactones) is 1. The number of ether oxygens (including phenoxy) is 1. The number of fused-ring (bicyclic) bond motifs is 2. The smallest absolute Gasteiger partial charge is 0.329 e. The Kier molecular flexibility index (Phi) is 17.1. The Balaban J connectivity index is 1.89. The van der Waals surface area contributed by atoms with Crippen LogP contribution < -0.4 is 21.3 Å². The molecule has 6 amide bonds. The van der Waals surface area contributed by atoms with Crippen LogP contribution in [-0.4, -0.2) is 135 Å². The molecule has 2 fully saturated rings. The lowest BCUT2D eigenvalue weighted by molar-refractivity contribution is -0.165. The van der Waals surface area contributed by atoms with E-state index in [0.29, 0.717) is 17.5 Å². The molecule has 2 bridgehead atoms. The van der Waals surface area contributed by atoms with Gasteiger partial charge in [-0.05, 0) is 49.1 Å². The summed E-state index contributed by atoms with van der Waals surface area (Å²) in [7, 11) is 1.41. The quantitative estimate of drug-likeness (QED) is 0.148. The van der Waals surface area contributed by atoms with Crippen LogP contribution in [-0.2, 0) is 51.1 Å². The summed E-state index contributed by atoms with van der Waals surface area (Å²) in [6, 6.07) is 9.52. The van der Waals surface area contributed by atoms with Crippen LogP contribution in [0.2, 0.25) is 0 Å². The third-order valence-corrected chi connectivity index (χ3v) is 11.1. The number of hydrogen-bond acceptors (Lipinski definition) is 11. The van der Waals surface area contributed by atoms with Gasteiger partial charge in [0.2, 0.25) is 29.5 Å². The molecule has 0 radical (unpaired) electrons. The maximum Gasteiger partial charge on any atom is 0.329 e. The first-order valence-electron chi connectivity index (χ1n) is 20.5. The number of carbonyl (C=O) groups excluding carboxylic acids is 7. The lowest BCUT2D eigenvalue weighted by Gasteiger charge is -2.43. The van der Waals surface area contributed by atoms with Crippen LogP contribution in [0.5, 0.6) is 0 Å². The highest BCUT2D eigenvalue weighted by Crippen LogP contribution is 2.25. The molecule has 2 saturated heterocycles. The second-order valence-electron chi connectivity index (χ2n) is 16.1. The van der Waals surface area contributed by atoms with Gasteiger partial charge in [0.15, 0.2) is 6.10 Å². The van der Waals surface area contributed by atoms with Crippen LogP contribution >= 0.6 is 0 Å². The summed E-state index contributed by atoms with van der Waals surface area (Å²) < 4.78 is 5.77. The van der Waals surface area contributed by atoms with Gasteiger partial charge in [0.1, 0.15) is 48.6 Å². The predicted molar refractivity (Wildman–Crippen MR) is 218 cm³/mol. The van der Waals surface area contributed by atoms with Crippen LogP contribution in [0.4, 0.5) is 0 Å². The normalized spacial score (nSPS) is 27.4. The molecular formula is C43H60N6O11. The fraction of sp³-hybridized carbons (Fsp3) is 0.558. The highest BCUT2D eigenvalue weighted by Gasteiger charge is 2.46. The molecule has 0 saturated carbocycles. The van der Waals surface area contributed by atoms with E-state index in [4.69, 9.17) is 4.74 Å². The highest BCUT2D eigenvalue weighted by molar-refractivity contribution is 5.98. The van der Waals surface area contributed by atoms with Crippen molar-refractivity contribution in [3.8, 4) is 0 Å². The van der Waals surface area contributed by atoms with Crippen molar-refractivity contribution in [2.24, 2.45) is 11.8 Å². The number of aliphatic hydroxyl groups excluding tert-OH is 3. The van der Waals surface area contributed by atoms with E-state index in [1.54, 1.807) is 88.4 Å². The van der Waals surface area contributed by atoms with Gasteiger partial charge in [0.05, 0.1) is 6.61 Å². The average Bonchev–Trinajstić information content (AvgIpc) is 3.22. The first-order chi connectivity index (χ1) is 28.5. The van der Waals surface area contributed by atoms with Gasteiger partial charge >= 0.3 is 5.97 Å². The van der Waals surface area contributed by atoms with Gasteiger partial charge in [-0.1, -0.05) is 94.8 Å². The standard InChI is InChI=1S/C43H60N6O11/c1-7-25(4)35-43(59)60-26(5)36(47-39(55)33(51)23-50)40(56)45-30(20-24(2)3)37(53)44-29-18-19-34(52)49(41(29)57)32(22-28-16-12-9-13-17-28)42(58)48(6)31(38(54)46-35)21-27-14-10-8-11-15-27/h8-17,24-26,29-36,50-52H,7,18-23H2,1-6H3,(H,44,53)(H,45,56)(H,46,54)(H,47,55)/t25-,26+,29-,30-,31-,32-,33-,34+,35-,36-/m1/s1. The van der Waals surface area contributed by atoms with Gasteiger partial charge < -0.3 is 51.1 Å². The van der Waals surface area contributed by atoms with Gasteiger partial charge in [-0.25, -0.2) is 4.79 Å². The Hall–Kier alpha value is -5.39. The van der Waals surface area contributed by atoms with E-state index in [-0.39, 0.29) is 38.0 Å². The van der Waals surface area contributed by atoms with E-state index < -0.39 is 109 Å². The molecule has 0 aliphatic carbocycles. The van der Waals surface area contributed by atoms with E-state index in [0.717, 1.165) is 4.90 Å². The van der Waals surface area contributed by atoms with Gasteiger partial charge in [-0.2, -0.15) is 0 Å². The summed E-state index contributed by atoms with van der Waals surface area (Å²) in [5.74, 6) is -6.81. The lowest BCUT2D eigenvalue weighted by Crippen LogP contribution is -2.65. The molecular weight excluding hydrogens is 777 g/mol. The SMILES string of the molecule is CC[C@@H](C)[C@H]1NC(=O)[C@@H](Cc2ccccc2)N(C)C(=O)[C@@H](Cc2ccccc2)N2C(=O)[C@@H](CC[C@@H]2O)NC(=O)[C@@H](CC(C)C)NC(=O)[C@H](NC(=O)[C@H](O)CO)[C@H](C)OC1=O. The zero-order valence-corrected chi connectivity index (χ0v) is 35.1. The van der Waals surface area contributed by atoms with Crippen molar-refractivity contribution in [2.45, 2.75) is 128 Å². The molecule has 2 aromatic rings. The summed E-state index contributed by atoms with van der Waals surface area (Å²) in [6.45, 7) is 7.40. The monoisotopic (exact) mass is 836 g/mol. The first-order valence-corrected chi connectivity index (χ1v) is 20.5. The van der Waals surface area contributed by atoms with Crippen molar-refractivity contribution in [3.05, 3.63) is 71.8 Å². The van der Waals surface area contributed by atoms with Gasteiger partial charge in [-0.3, -0.25) is 28.8 Å². The molecule has 2 heterocycles. The summed E-state index contributed by atoms with van der Waals surface area (Å²) in [5.41, 5.74) is 1.33. The first kappa shape index (κ1) is 47.3. The zero-order chi connectivity index (χ0) is 44.3. The molecule has 2 aliphatic rings. The molecule has 0 unspecified atom stereocenters. The molecule has 0 spiro atoms. The molecule has 60 heavy (non-hydrogen) atoms. The topological polar surface area (TPSA) is 244 Å². The fourth-order valence-electron chi connectivity index (χ4n) is 7.38. The average molecular weight is 837 g/mol. The number of likely N-dealkylation sites (N-methyl/N-ethyl adjacent to an activating group) is 1. The van der Waals surface area contributed by atoms with Crippen LogP contribution in [0.15, 0.2) is 60.7 Å². The van der Waals surface area contributed by atoms with E-state index in [1.165, 1.54) is 18.9 Å². The number of carbonyl (C=O) groups is 7. The van der Waals surface area contributed by atoms with Crippen LogP contribution in [0, 0.1) is 11.8 Å². The maximum atomic E-state index is 14.9. The fourth-order valence-corrected chi connectivity index (χ4v) is 7.38. The minimum Gasteiger partial charge on any atom is -0.458 e. The third-order valence-electron chi connectivity index (χ3n) is 11.1. The van der Waals surface area contributed by atoms with E-state index in [9.17, 15) is 48.9 Å². The van der Waals surface area contributed by atoms with Crippen LogP contribution in [0.3, 0.4) is 0 Å². The largest absolute Gasteiger partial charge is 0.458 e. The van der Waals surface area contributed by atoms with Crippen molar-refractivity contribution in [3.63, 3.8) is 0 Å². The Morgan fingerprint density at radius 2 is 1.42 bits per heavy atom. The number of esters is 1. The van der Waals surface area contributed by atoms with Gasteiger partial charge in [-0.15, -0.1) is 0 Å².